The van der Waals surface area contributed by atoms with Crippen LogP contribution in [0.2, 0.25) is 5.02 Å². The third kappa shape index (κ3) is 5.93. The molecule has 0 saturated heterocycles. The van der Waals surface area contributed by atoms with Crippen molar-refractivity contribution in [1.82, 2.24) is 4.90 Å². The minimum Gasteiger partial charge on any atom is -0.332 e. The average Bonchev–Trinajstić information content (AvgIpc) is 2.75. The lowest BCUT2D eigenvalue weighted by Crippen LogP contribution is -2.35. The van der Waals surface area contributed by atoms with Crippen LogP contribution in [0.25, 0.3) is 0 Å². The van der Waals surface area contributed by atoms with Gasteiger partial charge in [0.25, 0.3) is 11.8 Å². The summed E-state index contributed by atoms with van der Waals surface area (Å²) in [6.07, 6.45) is 0. The molecule has 0 aromatic heterocycles. The molecule has 3 aromatic carbocycles. The number of carbonyl (C=O) groups is 3. The lowest BCUT2D eigenvalue weighted by Gasteiger charge is -2.18. The molecule has 0 unspecified atom stereocenters. The van der Waals surface area contributed by atoms with Crippen molar-refractivity contribution in [2.45, 2.75) is 6.92 Å². The summed E-state index contributed by atoms with van der Waals surface area (Å²) in [5.41, 5.74) is 2.80. The number of likely N-dealkylation sites (N-methyl/N-ethyl adjacent to an activating group) is 1. The zero-order chi connectivity index (χ0) is 22.4. The van der Waals surface area contributed by atoms with Crippen LogP contribution in [0.5, 0.6) is 0 Å². The summed E-state index contributed by atoms with van der Waals surface area (Å²) in [6, 6.07) is 20.6. The summed E-state index contributed by atoms with van der Waals surface area (Å²) in [4.78, 5) is 38.9. The number of hydrogen-bond donors (Lipinski definition) is 2. The van der Waals surface area contributed by atoms with Crippen LogP contribution in [0.3, 0.4) is 0 Å². The molecule has 7 heteroatoms. The van der Waals surface area contributed by atoms with Gasteiger partial charge in [0.05, 0.1) is 6.54 Å². The minimum absolute atomic E-state index is 0.134. The minimum atomic E-state index is -0.345. The summed E-state index contributed by atoms with van der Waals surface area (Å²) < 4.78 is 0. The van der Waals surface area contributed by atoms with E-state index in [1.807, 2.05) is 13.0 Å². The highest BCUT2D eigenvalue weighted by molar-refractivity contribution is 6.30. The van der Waals surface area contributed by atoms with Gasteiger partial charge in [0.2, 0.25) is 5.91 Å². The van der Waals surface area contributed by atoms with E-state index in [1.54, 1.807) is 73.8 Å². The second kappa shape index (κ2) is 9.91. The van der Waals surface area contributed by atoms with E-state index >= 15 is 0 Å². The summed E-state index contributed by atoms with van der Waals surface area (Å²) >= 11 is 5.92. The van der Waals surface area contributed by atoms with E-state index < -0.39 is 0 Å². The Bertz CT molecular complexity index is 1120. The first-order valence-electron chi connectivity index (χ1n) is 9.61. The van der Waals surface area contributed by atoms with Gasteiger partial charge in [0, 0.05) is 34.6 Å². The van der Waals surface area contributed by atoms with Crippen molar-refractivity contribution >= 4 is 40.7 Å². The van der Waals surface area contributed by atoms with Crippen LogP contribution in [-0.2, 0) is 4.79 Å². The van der Waals surface area contributed by atoms with Crippen LogP contribution in [0, 0.1) is 6.92 Å². The molecular formula is C24H22ClN3O3. The predicted octanol–water partition coefficient (Wildman–Crippen LogP) is 4.61. The van der Waals surface area contributed by atoms with Crippen molar-refractivity contribution < 1.29 is 14.4 Å². The number of amides is 3. The molecule has 0 bridgehead atoms. The first-order valence-corrected chi connectivity index (χ1v) is 9.99. The summed E-state index contributed by atoms with van der Waals surface area (Å²) in [5, 5.41) is 6.05. The van der Waals surface area contributed by atoms with Gasteiger partial charge >= 0.3 is 0 Å². The third-order valence-electron chi connectivity index (χ3n) is 4.60. The molecule has 2 N–H and O–H groups in total. The molecule has 0 aliphatic rings. The lowest BCUT2D eigenvalue weighted by atomic mass is 10.1. The summed E-state index contributed by atoms with van der Waals surface area (Å²) in [7, 11) is 1.54. The monoisotopic (exact) mass is 435 g/mol. The number of nitrogens with one attached hydrogen (secondary N) is 2. The standard InChI is InChI=1S/C24H22ClN3O3/c1-16-11-12-18(13-21(16)27-23(30)17-7-4-3-5-8-17)24(31)28(2)15-22(29)26-20-10-6-9-19(25)14-20/h3-14H,15H2,1-2H3,(H,26,29)(H,27,30). The Morgan fingerprint density at radius 3 is 2.32 bits per heavy atom. The number of carbonyl (C=O) groups excluding carboxylic acids is 3. The fraction of sp³-hybridized carbons (Fsp3) is 0.125. The summed E-state index contributed by atoms with van der Waals surface area (Å²) in [6.45, 7) is 1.71. The zero-order valence-corrected chi connectivity index (χ0v) is 17.9. The van der Waals surface area contributed by atoms with Gasteiger partial charge in [-0.15, -0.1) is 0 Å². The van der Waals surface area contributed by atoms with Crippen molar-refractivity contribution in [1.29, 1.82) is 0 Å². The van der Waals surface area contributed by atoms with Crippen LogP contribution in [-0.4, -0.2) is 36.2 Å². The topological polar surface area (TPSA) is 78.5 Å². The zero-order valence-electron chi connectivity index (χ0n) is 17.2. The van der Waals surface area contributed by atoms with Crippen molar-refractivity contribution in [2.75, 3.05) is 24.2 Å². The van der Waals surface area contributed by atoms with Crippen LogP contribution < -0.4 is 10.6 Å². The predicted molar refractivity (Wildman–Crippen MR) is 123 cm³/mol. The fourth-order valence-corrected chi connectivity index (χ4v) is 3.14. The molecule has 0 aliphatic carbocycles. The Balaban J connectivity index is 1.67. The molecule has 31 heavy (non-hydrogen) atoms. The molecule has 0 saturated carbocycles. The number of benzene rings is 3. The second-order valence-electron chi connectivity index (χ2n) is 7.07. The Kier molecular flexibility index (Phi) is 7.05. The highest BCUT2D eigenvalue weighted by atomic mass is 35.5. The van der Waals surface area contributed by atoms with Crippen molar-refractivity contribution in [2.24, 2.45) is 0 Å². The van der Waals surface area contributed by atoms with Crippen LogP contribution >= 0.6 is 11.6 Å². The quantitative estimate of drug-likeness (QED) is 0.593. The number of hydrogen-bond acceptors (Lipinski definition) is 3. The van der Waals surface area contributed by atoms with E-state index in [2.05, 4.69) is 10.6 Å². The van der Waals surface area contributed by atoms with E-state index in [1.165, 1.54) is 4.90 Å². The highest BCUT2D eigenvalue weighted by Crippen LogP contribution is 2.19. The number of rotatable bonds is 6. The van der Waals surface area contributed by atoms with Gasteiger partial charge in [0.1, 0.15) is 0 Å². The van der Waals surface area contributed by atoms with Crippen LogP contribution in [0.4, 0.5) is 11.4 Å². The van der Waals surface area contributed by atoms with Crippen molar-refractivity contribution in [3.63, 3.8) is 0 Å². The molecule has 3 rings (SSSR count). The van der Waals surface area contributed by atoms with Gasteiger partial charge in [-0.25, -0.2) is 0 Å². The largest absolute Gasteiger partial charge is 0.332 e. The van der Waals surface area contributed by atoms with Gasteiger partial charge in [-0.3, -0.25) is 14.4 Å². The Morgan fingerprint density at radius 1 is 0.871 bits per heavy atom. The molecule has 0 atom stereocenters. The molecule has 3 aromatic rings. The molecule has 0 fully saturated rings. The van der Waals surface area contributed by atoms with E-state index in [9.17, 15) is 14.4 Å². The number of aryl methyl sites for hydroxylation is 1. The Hall–Kier alpha value is -3.64. The lowest BCUT2D eigenvalue weighted by molar-refractivity contribution is -0.116. The van der Waals surface area contributed by atoms with E-state index in [0.717, 1.165) is 5.56 Å². The smallest absolute Gasteiger partial charge is 0.255 e. The molecule has 3 amide bonds. The molecule has 0 spiro atoms. The average molecular weight is 436 g/mol. The van der Waals surface area contributed by atoms with E-state index in [0.29, 0.717) is 27.5 Å². The first kappa shape index (κ1) is 22.1. The molecule has 0 radical (unpaired) electrons. The molecule has 0 heterocycles. The van der Waals surface area contributed by atoms with Gasteiger partial charge in [-0.05, 0) is 55.0 Å². The van der Waals surface area contributed by atoms with E-state index in [-0.39, 0.29) is 24.3 Å². The number of anilines is 2. The van der Waals surface area contributed by atoms with Gasteiger partial charge in [0.15, 0.2) is 0 Å². The molecule has 158 valence electrons. The molecule has 0 aliphatic heterocycles. The van der Waals surface area contributed by atoms with Crippen molar-refractivity contribution in [3.05, 3.63) is 94.5 Å². The second-order valence-corrected chi connectivity index (χ2v) is 7.51. The van der Waals surface area contributed by atoms with Gasteiger partial charge in [-0.2, -0.15) is 0 Å². The van der Waals surface area contributed by atoms with Crippen LogP contribution in [0.15, 0.2) is 72.8 Å². The maximum atomic E-state index is 12.8. The van der Waals surface area contributed by atoms with Gasteiger partial charge in [-0.1, -0.05) is 41.9 Å². The van der Waals surface area contributed by atoms with Gasteiger partial charge < -0.3 is 15.5 Å². The first-order chi connectivity index (χ1) is 14.8. The maximum Gasteiger partial charge on any atom is 0.255 e. The Labute approximate surface area is 185 Å². The van der Waals surface area contributed by atoms with Crippen molar-refractivity contribution in [3.8, 4) is 0 Å². The summed E-state index contributed by atoms with van der Waals surface area (Å²) in [5.74, 6) is -0.943. The SMILES string of the molecule is Cc1ccc(C(=O)N(C)CC(=O)Nc2cccc(Cl)c2)cc1NC(=O)c1ccccc1. The normalized spacial score (nSPS) is 10.3. The fourth-order valence-electron chi connectivity index (χ4n) is 2.95. The van der Waals surface area contributed by atoms with Crippen LogP contribution in [0.1, 0.15) is 26.3 Å². The number of halogens is 1. The Morgan fingerprint density at radius 2 is 1.61 bits per heavy atom. The van der Waals surface area contributed by atoms with E-state index in [4.69, 9.17) is 11.6 Å². The third-order valence-corrected chi connectivity index (χ3v) is 4.84. The highest BCUT2D eigenvalue weighted by Gasteiger charge is 2.17. The molecular weight excluding hydrogens is 414 g/mol. The number of nitrogens with zero attached hydrogens (tertiary/aromatic N) is 1. The maximum absolute atomic E-state index is 12.8. The molecule has 6 nitrogen and oxygen atoms in total.